The minimum absolute atomic E-state index is 0.0642. The Balaban J connectivity index is 1.30. The largest absolute Gasteiger partial charge is 0.489 e. The number of anilines is 3. The van der Waals surface area contributed by atoms with E-state index in [2.05, 4.69) is 21.2 Å². The lowest BCUT2D eigenvalue weighted by Crippen LogP contribution is -2.59. The first-order chi connectivity index (χ1) is 15.2. The van der Waals surface area contributed by atoms with Crippen molar-refractivity contribution in [1.82, 2.24) is 9.97 Å². The number of aromatic nitrogens is 2. The Kier molecular flexibility index (Phi) is 4.55. The molecule has 0 radical (unpaired) electrons. The fraction of sp³-hybridized carbons (Fsp3) is 0.524. The maximum Gasteiger partial charge on any atom is 0.227 e. The predicted molar refractivity (Wildman–Crippen MR) is 117 cm³/mol. The van der Waals surface area contributed by atoms with E-state index in [1.54, 1.807) is 0 Å². The molecule has 31 heavy (non-hydrogen) atoms. The number of para-hydroxylation sites is 2. The molecule has 5 heterocycles. The summed E-state index contributed by atoms with van der Waals surface area (Å²) in [5.74, 6) is 2.71. The van der Waals surface area contributed by atoms with Gasteiger partial charge >= 0.3 is 0 Å². The van der Waals surface area contributed by atoms with Crippen molar-refractivity contribution in [2.24, 2.45) is 0 Å². The third kappa shape index (κ3) is 3.16. The van der Waals surface area contributed by atoms with Crippen molar-refractivity contribution >= 4 is 28.3 Å². The van der Waals surface area contributed by atoms with Crippen molar-refractivity contribution in [1.29, 1.82) is 0 Å². The summed E-state index contributed by atoms with van der Waals surface area (Å²) in [6.45, 7) is 3.77. The maximum atomic E-state index is 12.6. The highest BCUT2D eigenvalue weighted by molar-refractivity contribution is 7.85. The molecule has 2 fully saturated rings. The summed E-state index contributed by atoms with van der Waals surface area (Å²) in [6, 6.07) is 8.38. The van der Waals surface area contributed by atoms with Gasteiger partial charge in [0.15, 0.2) is 0 Å². The molecule has 0 aliphatic carbocycles. The Bertz CT molecular complexity index is 1040. The number of nitrogens with zero attached hydrogens (tertiary/aromatic N) is 4. The standard InChI is InChI=1S/C21H25N5O4S/c27-11-21(12-29-13-21)24-19-18-15(5-8-31(18)28)22-20(23-19)25-6-7-26-14(9-25)10-30-17-4-2-1-3-16(17)26/h1-4,14,27H,5-13H2,(H,22,23,24)/t14-,31+/m1/s1. The fourth-order valence-corrected chi connectivity index (χ4v) is 6.02. The van der Waals surface area contributed by atoms with Crippen molar-refractivity contribution in [3.63, 3.8) is 0 Å². The van der Waals surface area contributed by atoms with Crippen LogP contribution in [0.5, 0.6) is 5.75 Å². The molecule has 0 saturated carbocycles. The average Bonchev–Trinajstić information content (AvgIpc) is 3.16. The van der Waals surface area contributed by atoms with Crippen LogP contribution in [0.4, 0.5) is 17.5 Å². The number of nitrogens with one attached hydrogen (secondary N) is 1. The molecule has 6 rings (SSSR count). The van der Waals surface area contributed by atoms with E-state index in [-0.39, 0.29) is 12.6 Å². The summed E-state index contributed by atoms with van der Waals surface area (Å²) in [6.07, 6.45) is 0.675. The van der Waals surface area contributed by atoms with Crippen molar-refractivity contribution in [2.75, 3.05) is 66.9 Å². The summed E-state index contributed by atoms with van der Waals surface area (Å²) >= 11 is 0. The van der Waals surface area contributed by atoms with Crippen LogP contribution in [0.3, 0.4) is 0 Å². The van der Waals surface area contributed by atoms with Gasteiger partial charge in [0.05, 0.1) is 48.0 Å². The second kappa shape index (κ2) is 7.32. The van der Waals surface area contributed by atoms with Crippen LogP contribution in [0.1, 0.15) is 5.69 Å². The van der Waals surface area contributed by atoms with Gasteiger partial charge in [-0.3, -0.25) is 4.21 Å². The van der Waals surface area contributed by atoms with Gasteiger partial charge in [-0.1, -0.05) is 12.1 Å². The Morgan fingerprint density at radius 2 is 2.13 bits per heavy atom. The Hall–Kier alpha value is -2.43. The van der Waals surface area contributed by atoms with Crippen LogP contribution in [-0.2, 0) is 22.0 Å². The Labute approximate surface area is 182 Å². The lowest BCUT2D eigenvalue weighted by Gasteiger charge is -2.45. The number of piperazine rings is 1. The number of fused-ring (bicyclic) bond motifs is 4. The molecule has 0 bridgehead atoms. The van der Waals surface area contributed by atoms with Gasteiger partial charge in [-0.25, -0.2) is 4.98 Å². The smallest absolute Gasteiger partial charge is 0.227 e. The highest BCUT2D eigenvalue weighted by atomic mass is 32.2. The maximum absolute atomic E-state index is 12.6. The second-order valence-electron chi connectivity index (χ2n) is 8.58. The number of aryl methyl sites for hydroxylation is 1. The molecular weight excluding hydrogens is 418 g/mol. The van der Waals surface area contributed by atoms with Gasteiger partial charge in [0.1, 0.15) is 28.6 Å². The van der Waals surface area contributed by atoms with E-state index >= 15 is 0 Å². The quantitative estimate of drug-likeness (QED) is 0.696. The van der Waals surface area contributed by atoms with Gasteiger partial charge in [-0.05, 0) is 12.1 Å². The molecule has 2 aromatic rings. The minimum Gasteiger partial charge on any atom is -0.489 e. The zero-order valence-corrected chi connectivity index (χ0v) is 17.9. The van der Waals surface area contributed by atoms with E-state index in [4.69, 9.17) is 19.4 Å². The van der Waals surface area contributed by atoms with Crippen LogP contribution in [0, 0.1) is 0 Å². The highest BCUT2D eigenvalue weighted by Crippen LogP contribution is 2.37. The van der Waals surface area contributed by atoms with Crippen molar-refractivity contribution in [3.05, 3.63) is 30.0 Å². The van der Waals surface area contributed by atoms with Gasteiger partial charge in [-0.2, -0.15) is 4.98 Å². The predicted octanol–water partition coefficient (Wildman–Crippen LogP) is 0.401. The van der Waals surface area contributed by atoms with E-state index in [9.17, 15) is 9.32 Å². The first kappa shape index (κ1) is 19.3. The van der Waals surface area contributed by atoms with Gasteiger partial charge in [0.2, 0.25) is 5.95 Å². The van der Waals surface area contributed by atoms with E-state index in [1.165, 1.54) is 0 Å². The SMILES string of the molecule is O=[S@]1CCc2nc(N3CCN4c5ccccc5OC[C@H]4C3)nc(NC3(CO)COC3)c21. The normalized spacial score (nSPS) is 25.7. The molecular formula is C21H25N5O4S. The zero-order chi connectivity index (χ0) is 21.0. The Morgan fingerprint density at radius 3 is 2.94 bits per heavy atom. The fourth-order valence-electron chi connectivity index (χ4n) is 4.71. The molecule has 10 heteroatoms. The molecule has 0 unspecified atom stereocenters. The molecule has 2 saturated heterocycles. The number of hydrogen-bond acceptors (Lipinski definition) is 9. The second-order valence-corrected chi connectivity index (χ2v) is 10.1. The molecule has 0 spiro atoms. The average molecular weight is 444 g/mol. The van der Waals surface area contributed by atoms with Gasteiger partial charge in [0, 0.05) is 31.8 Å². The molecule has 0 amide bonds. The summed E-state index contributed by atoms with van der Waals surface area (Å²) < 4.78 is 23.9. The Morgan fingerprint density at radius 1 is 1.26 bits per heavy atom. The van der Waals surface area contributed by atoms with Crippen LogP contribution in [0.25, 0.3) is 0 Å². The zero-order valence-electron chi connectivity index (χ0n) is 17.1. The van der Waals surface area contributed by atoms with E-state index in [0.29, 0.717) is 48.7 Å². The number of benzene rings is 1. The van der Waals surface area contributed by atoms with E-state index < -0.39 is 16.3 Å². The van der Waals surface area contributed by atoms with Crippen LogP contribution in [0.2, 0.25) is 0 Å². The third-order valence-electron chi connectivity index (χ3n) is 6.49. The third-order valence-corrected chi connectivity index (χ3v) is 7.95. The molecule has 4 aliphatic rings. The number of hydrogen-bond donors (Lipinski definition) is 2. The van der Waals surface area contributed by atoms with E-state index in [0.717, 1.165) is 36.8 Å². The highest BCUT2D eigenvalue weighted by Gasteiger charge is 2.41. The lowest BCUT2D eigenvalue weighted by atomic mass is 9.99. The lowest BCUT2D eigenvalue weighted by molar-refractivity contribution is -0.0653. The molecule has 1 aromatic carbocycles. The number of aliphatic hydroxyl groups is 1. The summed E-state index contributed by atoms with van der Waals surface area (Å²) in [4.78, 5) is 14.9. The topological polar surface area (TPSA) is 100 Å². The summed E-state index contributed by atoms with van der Waals surface area (Å²) in [5, 5.41) is 13.2. The molecule has 164 valence electrons. The summed E-state index contributed by atoms with van der Waals surface area (Å²) in [5.41, 5.74) is 1.42. The molecule has 4 aliphatic heterocycles. The van der Waals surface area contributed by atoms with E-state index in [1.807, 2.05) is 18.2 Å². The van der Waals surface area contributed by atoms with Crippen LogP contribution in [0.15, 0.2) is 29.2 Å². The molecule has 2 atom stereocenters. The monoisotopic (exact) mass is 443 g/mol. The van der Waals surface area contributed by atoms with Crippen molar-refractivity contribution in [2.45, 2.75) is 22.9 Å². The van der Waals surface area contributed by atoms with Gasteiger partial charge in [-0.15, -0.1) is 0 Å². The molecule has 2 N–H and O–H groups in total. The van der Waals surface area contributed by atoms with Crippen molar-refractivity contribution in [3.8, 4) is 5.75 Å². The first-order valence-corrected chi connectivity index (χ1v) is 12.0. The van der Waals surface area contributed by atoms with Crippen LogP contribution >= 0.6 is 0 Å². The van der Waals surface area contributed by atoms with Crippen LogP contribution < -0.4 is 19.9 Å². The van der Waals surface area contributed by atoms with Crippen molar-refractivity contribution < 1.29 is 18.8 Å². The van der Waals surface area contributed by atoms with Crippen LogP contribution in [-0.4, -0.2) is 82.7 Å². The summed E-state index contributed by atoms with van der Waals surface area (Å²) in [7, 11) is -1.13. The number of ether oxygens (including phenoxy) is 2. The molecule has 9 nitrogen and oxygen atoms in total. The number of rotatable bonds is 4. The number of aliphatic hydroxyl groups excluding tert-OH is 1. The molecule has 1 aromatic heterocycles. The van der Waals surface area contributed by atoms with Gasteiger partial charge < -0.3 is 29.7 Å². The minimum atomic E-state index is -1.13. The first-order valence-electron chi connectivity index (χ1n) is 10.7. The van der Waals surface area contributed by atoms with Gasteiger partial charge in [0.25, 0.3) is 0 Å².